The molecule has 1 aliphatic heterocycles. The van der Waals surface area contributed by atoms with Crippen molar-refractivity contribution in [3.63, 3.8) is 0 Å². The standard InChI is InChI=1S/C23H28N4O8/c1-2-34-23(33)27-10-8-26(9-11-27)20(29)14-24-21(30)17-13-19(35-18(7-12-28)22(31)32)15-5-3-4-6-16(15)25-17/h3-6,13,18,28H,2,7-12,14H2,1H3,(H,24,30)(H,31,32). The van der Waals surface area contributed by atoms with Crippen LogP contribution in [0.1, 0.15) is 23.8 Å². The first kappa shape index (κ1) is 25.7. The Kier molecular flexibility index (Phi) is 8.79. The van der Waals surface area contributed by atoms with E-state index in [1.165, 1.54) is 11.0 Å². The number of amides is 3. The van der Waals surface area contributed by atoms with E-state index in [-0.39, 0.29) is 43.5 Å². The zero-order valence-electron chi connectivity index (χ0n) is 19.3. The summed E-state index contributed by atoms with van der Waals surface area (Å²) >= 11 is 0. The maximum Gasteiger partial charge on any atom is 0.409 e. The van der Waals surface area contributed by atoms with Crippen molar-refractivity contribution in [2.75, 3.05) is 45.9 Å². The Bertz CT molecular complexity index is 1080. The number of carbonyl (C=O) groups is 4. The smallest absolute Gasteiger partial charge is 0.409 e. The molecule has 1 aliphatic rings. The molecule has 2 aromatic rings. The third-order valence-electron chi connectivity index (χ3n) is 5.41. The number of aromatic nitrogens is 1. The minimum absolute atomic E-state index is 0.0493. The normalized spacial score (nSPS) is 14.3. The molecule has 3 rings (SSSR count). The fourth-order valence-electron chi connectivity index (χ4n) is 3.57. The maximum absolute atomic E-state index is 12.8. The number of rotatable bonds is 9. The number of nitrogens with one attached hydrogen (secondary N) is 1. The number of ether oxygens (including phenoxy) is 2. The van der Waals surface area contributed by atoms with Crippen molar-refractivity contribution in [2.24, 2.45) is 0 Å². The van der Waals surface area contributed by atoms with E-state index in [2.05, 4.69) is 10.3 Å². The van der Waals surface area contributed by atoms with Crippen LogP contribution >= 0.6 is 0 Å². The van der Waals surface area contributed by atoms with Crippen molar-refractivity contribution in [3.05, 3.63) is 36.0 Å². The van der Waals surface area contributed by atoms with Crippen LogP contribution < -0.4 is 10.1 Å². The van der Waals surface area contributed by atoms with E-state index >= 15 is 0 Å². The van der Waals surface area contributed by atoms with Crippen molar-refractivity contribution in [3.8, 4) is 5.75 Å². The first-order chi connectivity index (χ1) is 16.8. The highest BCUT2D eigenvalue weighted by Gasteiger charge is 2.26. The second kappa shape index (κ2) is 12.0. The fourth-order valence-corrected chi connectivity index (χ4v) is 3.57. The molecular weight excluding hydrogens is 460 g/mol. The van der Waals surface area contributed by atoms with E-state index < -0.39 is 24.1 Å². The molecule has 1 saturated heterocycles. The minimum Gasteiger partial charge on any atom is -0.479 e. The topological polar surface area (TPSA) is 159 Å². The van der Waals surface area contributed by atoms with Gasteiger partial charge in [0.05, 0.1) is 18.7 Å². The van der Waals surface area contributed by atoms with Crippen molar-refractivity contribution in [1.29, 1.82) is 0 Å². The third-order valence-corrected chi connectivity index (χ3v) is 5.41. The van der Waals surface area contributed by atoms with Gasteiger partial charge in [-0.1, -0.05) is 12.1 Å². The number of carbonyl (C=O) groups excluding carboxylic acids is 3. The van der Waals surface area contributed by atoms with Crippen LogP contribution in [-0.2, 0) is 14.3 Å². The highest BCUT2D eigenvalue weighted by molar-refractivity contribution is 5.98. The number of carboxylic acids is 1. The van der Waals surface area contributed by atoms with Gasteiger partial charge >= 0.3 is 12.1 Å². The zero-order valence-corrected chi connectivity index (χ0v) is 19.3. The Balaban J connectivity index is 1.66. The number of hydrogen-bond acceptors (Lipinski definition) is 8. The summed E-state index contributed by atoms with van der Waals surface area (Å²) in [6.45, 7) is 2.66. The number of aliphatic carboxylic acids is 1. The summed E-state index contributed by atoms with van der Waals surface area (Å²) in [6.07, 6.45) is -1.86. The molecule has 12 nitrogen and oxygen atoms in total. The zero-order chi connectivity index (χ0) is 25.4. The van der Waals surface area contributed by atoms with Crippen LogP contribution in [0.15, 0.2) is 30.3 Å². The highest BCUT2D eigenvalue weighted by Crippen LogP contribution is 2.27. The molecule has 3 amide bonds. The van der Waals surface area contributed by atoms with E-state index in [1.807, 2.05) is 0 Å². The predicted octanol–water partition coefficient (Wildman–Crippen LogP) is 0.480. The molecule has 0 aliphatic carbocycles. The molecule has 12 heteroatoms. The number of nitrogens with zero attached hydrogens (tertiary/aromatic N) is 3. The van der Waals surface area contributed by atoms with Gasteiger partial charge in [0, 0.05) is 50.7 Å². The quantitative estimate of drug-likeness (QED) is 0.456. The van der Waals surface area contributed by atoms with Gasteiger partial charge in [-0.25, -0.2) is 14.6 Å². The number of carboxylic acid groups (broad SMARTS) is 1. The summed E-state index contributed by atoms with van der Waals surface area (Å²) in [4.78, 5) is 55.9. The van der Waals surface area contributed by atoms with E-state index in [0.29, 0.717) is 37.1 Å². The monoisotopic (exact) mass is 488 g/mol. The summed E-state index contributed by atoms with van der Waals surface area (Å²) in [7, 11) is 0. The SMILES string of the molecule is CCOC(=O)N1CCN(C(=O)CNC(=O)c2cc(OC(CCO)C(=O)O)c3ccccc3n2)CC1. The van der Waals surface area contributed by atoms with Gasteiger partial charge in [0.1, 0.15) is 11.4 Å². The van der Waals surface area contributed by atoms with Crippen LogP contribution in [0.25, 0.3) is 10.9 Å². The number of hydrogen-bond donors (Lipinski definition) is 3. The van der Waals surface area contributed by atoms with Crippen LogP contribution in [0.2, 0.25) is 0 Å². The lowest BCUT2D eigenvalue weighted by atomic mass is 10.1. The molecule has 188 valence electrons. The number of aliphatic hydroxyl groups is 1. The maximum atomic E-state index is 12.8. The molecule has 0 bridgehead atoms. The largest absolute Gasteiger partial charge is 0.479 e. The van der Waals surface area contributed by atoms with Gasteiger partial charge in [-0.15, -0.1) is 0 Å². The van der Waals surface area contributed by atoms with Crippen LogP contribution in [0.3, 0.4) is 0 Å². The molecule has 1 unspecified atom stereocenters. The summed E-state index contributed by atoms with van der Waals surface area (Å²) in [5, 5.41) is 21.5. The first-order valence-corrected chi connectivity index (χ1v) is 11.2. The summed E-state index contributed by atoms with van der Waals surface area (Å²) in [5.41, 5.74) is 0.358. The van der Waals surface area contributed by atoms with Crippen LogP contribution in [0.4, 0.5) is 4.79 Å². The molecule has 1 fully saturated rings. The molecule has 1 atom stereocenters. The second-order valence-electron chi connectivity index (χ2n) is 7.73. The molecule has 35 heavy (non-hydrogen) atoms. The molecule has 3 N–H and O–H groups in total. The predicted molar refractivity (Wildman–Crippen MR) is 123 cm³/mol. The second-order valence-corrected chi connectivity index (χ2v) is 7.73. The highest BCUT2D eigenvalue weighted by atomic mass is 16.6. The molecule has 1 aromatic heterocycles. The number of aliphatic hydroxyl groups excluding tert-OH is 1. The van der Waals surface area contributed by atoms with Gasteiger partial charge in [-0.3, -0.25) is 9.59 Å². The van der Waals surface area contributed by atoms with Gasteiger partial charge in [-0.05, 0) is 19.1 Å². The lowest BCUT2D eigenvalue weighted by molar-refractivity contribution is -0.145. The van der Waals surface area contributed by atoms with Crippen molar-refractivity contribution >= 4 is 34.8 Å². The van der Waals surface area contributed by atoms with Crippen molar-refractivity contribution < 1.29 is 38.9 Å². The molecule has 0 saturated carbocycles. The number of piperazine rings is 1. The average Bonchev–Trinajstić information content (AvgIpc) is 2.86. The number of fused-ring (bicyclic) bond motifs is 1. The van der Waals surface area contributed by atoms with Crippen LogP contribution in [-0.4, -0.2) is 101 Å². The van der Waals surface area contributed by atoms with Gasteiger partial charge < -0.3 is 34.8 Å². The molecule has 0 spiro atoms. The Morgan fingerprint density at radius 3 is 2.46 bits per heavy atom. The Morgan fingerprint density at radius 2 is 1.80 bits per heavy atom. The minimum atomic E-state index is -1.31. The Morgan fingerprint density at radius 1 is 1.11 bits per heavy atom. The van der Waals surface area contributed by atoms with Gasteiger partial charge in [0.25, 0.3) is 5.91 Å². The number of pyridine rings is 1. The van der Waals surface area contributed by atoms with E-state index in [9.17, 15) is 24.3 Å². The molecular formula is C23H28N4O8. The fraction of sp³-hybridized carbons (Fsp3) is 0.435. The Hall–Kier alpha value is -3.93. The molecule has 2 heterocycles. The lowest BCUT2D eigenvalue weighted by Gasteiger charge is -2.34. The van der Waals surface area contributed by atoms with Gasteiger partial charge in [-0.2, -0.15) is 0 Å². The number of benzene rings is 1. The molecule has 0 radical (unpaired) electrons. The summed E-state index contributed by atoms with van der Waals surface area (Å²) in [5.74, 6) is -2.07. The summed E-state index contributed by atoms with van der Waals surface area (Å²) < 4.78 is 10.6. The van der Waals surface area contributed by atoms with Crippen LogP contribution in [0.5, 0.6) is 5.75 Å². The van der Waals surface area contributed by atoms with E-state index in [4.69, 9.17) is 14.6 Å². The van der Waals surface area contributed by atoms with Gasteiger partial charge in [0.2, 0.25) is 5.91 Å². The number of para-hydroxylation sites is 1. The van der Waals surface area contributed by atoms with Crippen LogP contribution in [0, 0.1) is 0 Å². The van der Waals surface area contributed by atoms with Gasteiger partial charge in [0.15, 0.2) is 6.10 Å². The lowest BCUT2D eigenvalue weighted by Crippen LogP contribution is -2.52. The van der Waals surface area contributed by atoms with Crippen molar-refractivity contribution in [1.82, 2.24) is 20.1 Å². The first-order valence-electron chi connectivity index (χ1n) is 11.2. The third kappa shape index (κ3) is 6.57. The molecule has 1 aromatic carbocycles. The van der Waals surface area contributed by atoms with E-state index in [0.717, 1.165) is 0 Å². The average molecular weight is 488 g/mol. The van der Waals surface area contributed by atoms with E-state index in [1.54, 1.807) is 36.1 Å². The Labute approximate surface area is 201 Å². The summed E-state index contributed by atoms with van der Waals surface area (Å²) in [6, 6.07) is 8.07. The van der Waals surface area contributed by atoms with Crippen molar-refractivity contribution in [2.45, 2.75) is 19.4 Å².